The molecule has 2 aromatic heterocycles. The lowest BCUT2D eigenvalue weighted by Crippen LogP contribution is -2.45. The molecule has 13 nitrogen and oxygen atoms in total. The molecule has 1 saturated heterocycles. The minimum absolute atomic E-state index is 0.0279. The van der Waals surface area contributed by atoms with Crippen LogP contribution in [0, 0.1) is 10.1 Å². The molecule has 9 aromatic rings. The fourth-order valence-electron chi connectivity index (χ4n) is 9.54. The number of hydrogen-bond donors (Lipinski definition) is 1. The van der Waals surface area contributed by atoms with Gasteiger partial charge in [0, 0.05) is 25.5 Å². The third-order valence-electron chi connectivity index (χ3n) is 12.9. The number of imidazole rings is 1. The Morgan fingerprint density at radius 1 is 0.681 bits per heavy atom. The summed E-state index contributed by atoms with van der Waals surface area (Å²) in [5.74, 6) is -0.515. The minimum atomic E-state index is -1.89. The van der Waals surface area contributed by atoms with E-state index in [0.29, 0.717) is 6.42 Å². The summed E-state index contributed by atoms with van der Waals surface area (Å²) in [6, 6.07) is 65.2. The van der Waals surface area contributed by atoms with Crippen molar-refractivity contribution < 1.29 is 33.1 Å². The van der Waals surface area contributed by atoms with Crippen molar-refractivity contribution in [3.63, 3.8) is 0 Å². The second-order valence-electron chi connectivity index (χ2n) is 17.3. The molecule has 1 amide bonds. The van der Waals surface area contributed by atoms with Crippen LogP contribution >= 0.6 is 0 Å². The van der Waals surface area contributed by atoms with E-state index in [4.69, 9.17) is 18.9 Å². The summed E-state index contributed by atoms with van der Waals surface area (Å²) in [5, 5.41) is 13.9. The van der Waals surface area contributed by atoms with Crippen LogP contribution in [0.15, 0.2) is 213 Å². The van der Waals surface area contributed by atoms with Gasteiger partial charge in [-0.2, -0.15) is 9.97 Å². The van der Waals surface area contributed by atoms with Crippen LogP contribution in [0.25, 0.3) is 11.2 Å². The highest BCUT2D eigenvalue weighted by Crippen LogP contribution is 2.48. The number of halogens is 1. The number of nitro groups is 1. The first-order valence-corrected chi connectivity index (χ1v) is 23.6. The molecule has 4 atom stereocenters. The van der Waals surface area contributed by atoms with E-state index >= 15 is 4.39 Å². The van der Waals surface area contributed by atoms with Gasteiger partial charge < -0.3 is 18.9 Å². The van der Waals surface area contributed by atoms with E-state index in [1.807, 2.05) is 182 Å². The molecule has 14 heteroatoms. The SMILES string of the molecule is CC(=O)Nc1nc(OCCc2ccc([N+](=O)[O-])cc2)c2ncn([C@@H]3O[C@H](COC(c4ccccc4)(c4ccccc4)c4ccccc4)[C@@H](OC(c4ccccc4)(c4ccccc4)c4ccccc4)[C@@H]3[18F])c2n1. The Labute approximate surface area is 415 Å². The molecule has 1 fully saturated rings. The smallest absolute Gasteiger partial charge is 0.269 e. The topological polar surface area (TPSA) is 153 Å². The van der Waals surface area contributed by atoms with E-state index in [2.05, 4.69) is 20.3 Å². The molecule has 0 spiro atoms. The molecule has 360 valence electrons. The summed E-state index contributed by atoms with van der Waals surface area (Å²) in [4.78, 5) is 37.1. The first-order valence-electron chi connectivity index (χ1n) is 23.6. The predicted octanol–water partition coefficient (Wildman–Crippen LogP) is 10.9. The van der Waals surface area contributed by atoms with Gasteiger partial charge in [0.15, 0.2) is 23.6 Å². The Hall–Kier alpha value is -8.43. The standard InChI is InChI=1S/C58H49FN6O7/c1-40(66)61-56-62-53-51(54(63-56)69-37-36-41-32-34-48(35-33-41)65(67)68)60-39-64(53)55-50(59)52(72-58(45-26-14-5-15-27-45,46-28-16-6-17-29-46)47-30-18-7-19-31-47)49(71-55)38-70-57(42-20-8-2-9-21-42,43-22-10-3-11-23-43)44-24-12-4-13-25-44/h2-35,39,49-50,52,55H,36-38H2,1H3,(H,61,62,63,66)/t49-,50+,52-,55-/m1/s1/i59-1. The molecule has 0 unspecified atom stereocenters. The van der Waals surface area contributed by atoms with Crippen molar-refractivity contribution in [2.75, 3.05) is 18.5 Å². The summed E-state index contributed by atoms with van der Waals surface area (Å²) in [5.41, 5.74) is 3.34. The fraction of sp³-hybridized carbons (Fsp3) is 0.172. The number of amides is 1. The van der Waals surface area contributed by atoms with Gasteiger partial charge in [-0.25, -0.2) is 9.37 Å². The number of nitro benzene ring substituents is 1. The maximum absolute atomic E-state index is 18.6. The first-order chi connectivity index (χ1) is 35.2. The number of carbonyl (C=O) groups excluding carboxylic acids is 1. The van der Waals surface area contributed by atoms with Gasteiger partial charge in [0.1, 0.15) is 23.4 Å². The Balaban J connectivity index is 1.09. The van der Waals surface area contributed by atoms with Gasteiger partial charge in [-0.15, -0.1) is 0 Å². The number of non-ortho nitro benzene ring substituents is 1. The van der Waals surface area contributed by atoms with E-state index in [1.165, 1.54) is 30.0 Å². The average molecular weight is 960 g/mol. The number of alkyl halides is 1. The van der Waals surface area contributed by atoms with Crippen LogP contribution in [0.4, 0.5) is 16.0 Å². The van der Waals surface area contributed by atoms with E-state index in [9.17, 15) is 14.9 Å². The second kappa shape index (κ2) is 20.9. The highest BCUT2D eigenvalue weighted by atomic mass is 18.2. The number of fused-ring (bicyclic) bond motifs is 1. The zero-order chi connectivity index (χ0) is 49.5. The molecule has 1 aliphatic heterocycles. The predicted molar refractivity (Wildman–Crippen MR) is 270 cm³/mol. The summed E-state index contributed by atoms with van der Waals surface area (Å²) in [6.07, 6.45) is -3.91. The number of carbonyl (C=O) groups is 1. The Bertz CT molecular complexity index is 3050. The van der Waals surface area contributed by atoms with Crippen molar-refractivity contribution in [1.82, 2.24) is 19.5 Å². The number of nitrogens with one attached hydrogen (secondary N) is 1. The normalized spacial score (nSPS) is 16.9. The van der Waals surface area contributed by atoms with Gasteiger partial charge in [0.25, 0.3) is 5.69 Å². The molecule has 1 N–H and O–H groups in total. The van der Waals surface area contributed by atoms with Crippen LogP contribution in [0.3, 0.4) is 0 Å². The average Bonchev–Trinajstić information content (AvgIpc) is 3.99. The van der Waals surface area contributed by atoms with Crippen LogP contribution in [-0.2, 0) is 36.6 Å². The molecule has 3 heterocycles. The maximum atomic E-state index is 18.6. The molecule has 72 heavy (non-hydrogen) atoms. The lowest BCUT2D eigenvalue weighted by Gasteiger charge is -2.40. The van der Waals surface area contributed by atoms with Gasteiger partial charge >= 0.3 is 0 Å². The van der Waals surface area contributed by atoms with E-state index in [0.717, 1.165) is 38.9 Å². The lowest BCUT2D eigenvalue weighted by molar-refractivity contribution is -0.384. The number of aromatic nitrogens is 4. The number of ether oxygens (including phenoxy) is 4. The Kier molecular flexibility index (Phi) is 13.7. The van der Waals surface area contributed by atoms with Crippen LogP contribution in [0.1, 0.15) is 52.1 Å². The molecule has 0 aliphatic carbocycles. The third kappa shape index (κ3) is 9.33. The molecular weight excluding hydrogens is 911 g/mol. The van der Waals surface area contributed by atoms with Crippen LogP contribution in [0.2, 0.25) is 0 Å². The van der Waals surface area contributed by atoms with Crippen molar-refractivity contribution in [1.29, 1.82) is 0 Å². The van der Waals surface area contributed by atoms with Crippen molar-refractivity contribution in [3.8, 4) is 5.88 Å². The molecule has 1 aliphatic rings. The number of rotatable bonds is 18. The quantitative estimate of drug-likeness (QED) is 0.0499. The molecule has 0 saturated carbocycles. The number of hydrogen-bond acceptors (Lipinski definition) is 10. The maximum Gasteiger partial charge on any atom is 0.269 e. The fourth-order valence-corrected chi connectivity index (χ4v) is 9.54. The molecule has 10 rings (SSSR count). The van der Waals surface area contributed by atoms with Gasteiger partial charge in [0.05, 0.1) is 24.5 Å². The summed E-state index contributed by atoms with van der Waals surface area (Å²) in [6.45, 7) is 1.25. The summed E-state index contributed by atoms with van der Waals surface area (Å²) < 4.78 is 48.2. The van der Waals surface area contributed by atoms with Crippen molar-refractivity contribution in [3.05, 3.63) is 262 Å². The minimum Gasteiger partial charge on any atom is -0.476 e. The van der Waals surface area contributed by atoms with Gasteiger partial charge in [-0.05, 0) is 38.9 Å². The Morgan fingerprint density at radius 3 is 1.58 bits per heavy atom. The van der Waals surface area contributed by atoms with E-state index in [1.54, 1.807) is 12.1 Å². The molecular formula is C58H49FN6O7. The summed E-state index contributed by atoms with van der Waals surface area (Å²) in [7, 11) is 0. The number of anilines is 1. The van der Waals surface area contributed by atoms with Crippen molar-refractivity contribution >= 4 is 28.7 Å². The second-order valence-corrected chi connectivity index (χ2v) is 17.3. The van der Waals surface area contributed by atoms with Crippen molar-refractivity contribution in [2.24, 2.45) is 0 Å². The van der Waals surface area contributed by atoms with Crippen LogP contribution < -0.4 is 10.1 Å². The highest BCUT2D eigenvalue weighted by Gasteiger charge is 2.53. The van der Waals surface area contributed by atoms with Gasteiger partial charge in [0.2, 0.25) is 17.7 Å². The zero-order valence-electron chi connectivity index (χ0n) is 39.1. The number of nitrogens with zero attached hydrogens (tertiary/aromatic N) is 5. The summed E-state index contributed by atoms with van der Waals surface area (Å²) >= 11 is 0. The van der Waals surface area contributed by atoms with Gasteiger partial charge in [-0.3, -0.25) is 24.8 Å². The molecule has 0 radical (unpaired) electrons. The van der Waals surface area contributed by atoms with Gasteiger partial charge in [-0.1, -0.05) is 194 Å². The first kappa shape index (κ1) is 47.3. The third-order valence-corrected chi connectivity index (χ3v) is 12.9. The largest absolute Gasteiger partial charge is 0.476 e. The lowest BCUT2D eigenvalue weighted by atomic mass is 9.79. The number of benzene rings is 7. The van der Waals surface area contributed by atoms with Crippen LogP contribution in [0.5, 0.6) is 5.88 Å². The van der Waals surface area contributed by atoms with E-state index < -0.39 is 46.6 Å². The molecule has 0 bridgehead atoms. The molecule has 7 aromatic carbocycles. The monoisotopic (exact) mass is 959 g/mol. The van der Waals surface area contributed by atoms with E-state index in [-0.39, 0.29) is 41.9 Å². The highest BCUT2D eigenvalue weighted by molar-refractivity contribution is 5.88. The Morgan fingerprint density at radius 2 is 1.14 bits per heavy atom. The van der Waals surface area contributed by atoms with Crippen LogP contribution in [-0.4, -0.2) is 61.9 Å². The zero-order valence-corrected chi connectivity index (χ0v) is 39.1. The van der Waals surface area contributed by atoms with Crippen molar-refractivity contribution in [2.45, 2.75) is 49.2 Å².